The highest BCUT2D eigenvalue weighted by Gasteiger charge is 2.35. The molecule has 8 heteroatoms. The predicted molar refractivity (Wildman–Crippen MR) is 122 cm³/mol. The molecule has 6 nitrogen and oxygen atoms in total. The summed E-state index contributed by atoms with van der Waals surface area (Å²) in [6.45, 7) is 0.509. The lowest BCUT2D eigenvalue weighted by molar-refractivity contribution is -0.0399. The van der Waals surface area contributed by atoms with Crippen molar-refractivity contribution in [3.8, 4) is 0 Å². The van der Waals surface area contributed by atoms with Gasteiger partial charge in [0.05, 0.1) is 11.1 Å². The summed E-state index contributed by atoms with van der Waals surface area (Å²) in [7, 11) is 0. The minimum atomic E-state index is -2.63. The molecule has 1 amide bonds. The number of rotatable bonds is 4. The molecular formula is C24H25F2N5O. The van der Waals surface area contributed by atoms with Gasteiger partial charge in [0.2, 0.25) is 5.92 Å². The van der Waals surface area contributed by atoms with Crippen molar-refractivity contribution in [2.75, 3.05) is 0 Å². The molecule has 3 heterocycles. The van der Waals surface area contributed by atoms with Gasteiger partial charge in [-0.05, 0) is 48.8 Å². The Morgan fingerprint density at radius 2 is 2.06 bits per heavy atom. The van der Waals surface area contributed by atoms with Crippen molar-refractivity contribution >= 4 is 23.2 Å². The number of nitrogens with one attached hydrogen (secondary N) is 2. The monoisotopic (exact) mass is 437 g/mol. The Bertz CT molecular complexity index is 1120. The molecule has 0 saturated heterocycles. The number of carbonyl (C=O) groups excluding carboxylic acids is 1. The molecule has 4 rings (SSSR count). The number of pyridine rings is 1. The van der Waals surface area contributed by atoms with E-state index in [1.807, 2.05) is 41.1 Å². The molecule has 0 unspecified atom stereocenters. The molecule has 2 aliphatic rings. The van der Waals surface area contributed by atoms with Gasteiger partial charge < -0.3 is 15.2 Å². The van der Waals surface area contributed by atoms with E-state index >= 15 is 0 Å². The Hall–Kier alpha value is -3.55. The second-order valence-electron chi connectivity index (χ2n) is 7.89. The fourth-order valence-corrected chi connectivity index (χ4v) is 3.84. The van der Waals surface area contributed by atoms with E-state index in [4.69, 9.17) is 0 Å². The van der Waals surface area contributed by atoms with Crippen LogP contribution in [-0.4, -0.2) is 33.6 Å². The maximum absolute atomic E-state index is 13.4. The molecule has 1 fully saturated rings. The van der Waals surface area contributed by atoms with Crippen LogP contribution in [0.3, 0.4) is 0 Å². The molecule has 0 bridgehead atoms. The van der Waals surface area contributed by atoms with E-state index in [2.05, 4.69) is 20.6 Å². The van der Waals surface area contributed by atoms with Gasteiger partial charge in [0.15, 0.2) is 0 Å². The number of hydrogen-bond acceptors (Lipinski definition) is 4. The molecular weight excluding hydrogens is 412 g/mol. The smallest absolute Gasteiger partial charge is 0.255 e. The second-order valence-corrected chi connectivity index (χ2v) is 7.89. The van der Waals surface area contributed by atoms with Crippen LogP contribution in [0.4, 0.5) is 8.78 Å². The van der Waals surface area contributed by atoms with E-state index in [1.165, 1.54) is 0 Å². The van der Waals surface area contributed by atoms with Crippen molar-refractivity contribution in [2.24, 2.45) is 4.99 Å². The molecule has 1 aliphatic heterocycles. The highest BCUT2D eigenvalue weighted by Crippen LogP contribution is 2.33. The minimum Gasteiger partial charge on any atom is -0.368 e. The molecule has 0 spiro atoms. The molecule has 0 aromatic carbocycles. The van der Waals surface area contributed by atoms with Crippen molar-refractivity contribution in [1.82, 2.24) is 20.2 Å². The lowest BCUT2D eigenvalue weighted by Crippen LogP contribution is -2.40. The van der Waals surface area contributed by atoms with Gasteiger partial charge >= 0.3 is 0 Å². The number of aromatic nitrogens is 2. The standard InChI is InChI=1S/C24H25F2N5O/c25-24(26)9-6-19(7-10-24)30-23(32)20-17-31(21-5-2-14-29-22(20)21)16-18-4-1-11-27-12-3-13-28-15-8-18/h1-5,8,11-15,17,19,27H,6-7,9-10,16H2,(H,30,32)/b11-1+,12-3-,15-8-,18-4+,28-13-. The molecule has 1 saturated carbocycles. The van der Waals surface area contributed by atoms with Crippen LogP contribution < -0.4 is 10.6 Å². The summed E-state index contributed by atoms with van der Waals surface area (Å²) in [6, 6.07) is 3.49. The number of halogens is 2. The van der Waals surface area contributed by atoms with Gasteiger partial charge in [-0.2, -0.15) is 0 Å². The third-order valence-electron chi connectivity index (χ3n) is 5.53. The highest BCUT2D eigenvalue weighted by atomic mass is 19.3. The Morgan fingerprint density at radius 3 is 2.91 bits per heavy atom. The van der Waals surface area contributed by atoms with Crippen LogP contribution in [0.1, 0.15) is 36.0 Å². The van der Waals surface area contributed by atoms with Crippen LogP contribution in [-0.2, 0) is 6.54 Å². The topological polar surface area (TPSA) is 71.3 Å². The summed E-state index contributed by atoms with van der Waals surface area (Å²) in [5.74, 6) is -2.91. The quantitative estimate of drug-likeness (QED) is 0.741. The number of alkyl halides is 2. The summed E-state index contributed by atoms with van der Waals surface area (Å²) in [6.07, 6.45) is 18.1. The summed E-state index contributed by atoms with van der Waals surface area (Å²) < 4.78 is 28.8. The molecule has 1 aliphatic carbocycles. The fraction of sp³-hybridized carbons (Fsp3) is 0.292. The lowest BCUT2D eigenvalue weighted by atomic mass is 9.92. The van der Waals surface area contributed by atoms with E-state index in [9.17, 15) is 13.6 Å². The average molecular weight is 437 g/mol. The number of fused-ring (bicyclic) bond motifs is 1. The first-order chi connectivity index (χ1) is 15.5. The Balaban J connectivity index is 1.56. The third kappa shape index (κ3) is 5.38. The molecule has 2 aromatic heterocycles. The van der Waals surface area contributed by atoms with Gasteiger partial charge in [0.25, 0.3) is 5.91 Å². The van der Waals surface area contributed by atoms with Gasteiger partial charge in [-0.25, -0.2) is 8.78 Å². The largest absolute Gasteiger partial charge is 0.368 e. The van der Waals surface area contributed by atoms with Gasteiger partial charge in [0, 0.05) is 62.6 Å². The third-order valence-corrected chi connectivity index (χ3v) is 5.53. The van der Waals surface area contributed by atoms with Crippen molar-refractivity contribution in [3.63, 3.8) is 0 Å². The molecule has 2 aromatic rings. The number of hydrogen-bond donors (Lipinski definition) is 2. The van der Waals surface area contributed by atoms with E-state index in [0.29, 0.717) is 17.6 Å². The molecule has 0 radical (unpaired) electrons. The number of nitrogens with zero attached hydrogens (tertiary/aromatic N) is 3. The zero-order valence-corrected chi connectivity index (χ0v) is 17.5. The molecule has 166 valence electrons. The summed E-state index contributed by atoms with van der Waals surface area (Å²) in [4.78, 5) is 21.6. The molecule has 0 atom stereocenters. The van der Waals surface area contributed by atoms with E-state index < -0.39 is 5.92 Å². The van der Waals surface area contributed by atoms with Crippen LogP contribution in [0.25, 0.3) is 11.0 Å². The first-order valence-electron chi connectivity index (χ1n) is 10.6. The molecule has 32 heavy (non-hydrogen) atoms. The minimum absolute atomic E-state index is 0.196. The average Bonchev–Trinajstić information content (AvgIpc) is 3.11. The van der Waals surface area contributed by atoms with E-state index in [-0.39, 0.29) is 37.6 Å². The Morgan fingerprint density at radius 1 is 1.25 bits per heavy atom. The predicted octanol–water partition coefficient (Wildman–Crippen LogP) is 4.49. The number of carbonyl (C=O) groups is 1. The summed E-state index contributed by atoms with van der Waals surface area (Å²) in [5, 5.41) is 5.94. The maximum Gasteiger partial charge on any atom is 0.255 e. The SMILES string of the molecule is O=C(NC1CCC(F)(F)CC1)c1cn(CC2=C/C=C/N/C=C\C=N/C=C\2)c2cccnc12. The first-order valence-corrected chi connectivity index (χ1v) is 10.6. The number of amides is 1. The van der Waals surface area contributed by atoms with Gasteiger partial charge in [0.1, 0.15) is 5.52 Å². The van der Waals surface area contributed by atoms with Gasteiger partial charge in [-0.1, -0.05) is 6.08 Å². The van der Waals surface area contributed by atoms with Crippen LogP contribution >= 0.6 is 0 Å². The van der Waals surface area contributed by atoms with Crippen molar-refractivity contribution < 1.29 is 13.6 Å². The van der Waals surface area contributed by atoms with Crippen LogP contribution in [0.2, 0.25) is 0 Å². The van der Waals surface area contributed by atoms with Gasteiger partial charge in [-0.15, -0.1) is 0 Å². The van der Waals surface area contributed by atoms with Crippen LogP contribution in [0.15, 0.2) is 78.0 Å². The fourth-order valence-electron chi connectivity index (χ4n) is 3.84. The Labute approximate surface area is 185 Å². The van der Waals surface area contributed by atoms with E-state index in [0.717, 1.165) is 11.1 Å². The maximum atomic E-state index is 13.4. The second kappa shape index (κ2) is 9.72. The first kappa shape index (κ1) is 21.7. The lowest BCUT2D eigenvalue weighted by Gasteiger charge is -2.28. The van der Waals surface area contributed by atoms with E-state index in [1.54, 1.807) is 37.1 Å². The normalized spacial score (nSPS) is 24.4. The molecule has 2 N–H and O–H groups in total. The summed E-state index contributed by atoms with van der Waals surface area (Å²) in [5.41, 5.74) is 2.83. The zero-order valence-electron chi connectivity index (χ0n) is 17.5. The number of allylic oxidation sites excluding steroid dienone is 5. The summed E-state index contributed by atoms with van der Waals surface area (Å²) >= 11 is 0. The van der Waals surface area contributed by atoms with Crippen molar-refractivity contribution in [1.29, 1.82) is 0 Å². The Kier molecular flexibility index (Phi) is 6.58. The number of aliphatic imine (C=N–C) groups is 1. The van der Waals surface area contributed by atoms with Gasteiger partial charge in [-0.3, -0.25) is 14.8 Å². The van der Waals surface area contributed by atoms with Crippen molar-refractivity contribution in [3.05, 3.63) is 78.6 Å². The highest BCUT2D eigenvalue weighted by molar-refractivity contribution is 6.05. The van der Waals surface area contributed by atoms with Crippen molar-refractivity contribution in [2.45, 2.75) is 44.2 Å². The van der Waals surface area contributed by atoms with Crippen LogP contribution in [0.5, 0.6) is 0 Å². The van der Waals surface area contributed by atoms with Crippen LogP contribution in [0, 0.1) is 0 Å². The zero-order chi connectivity index (χ0) is 22.4.